The normalized spacial score (nSPS) is 10.7. The minimum atomic E-state index is -0.219. The zero-order valence-electron chi connectivity index (χ0n) is 11.2. The summed E-state index contributed by atoms with van der Waals surface area (Å²) >= 11 is 0. The fourth-order valence-electron chi connectivity index (χ4n) is 1.53. The number of likely N-dealkylation sites (N-methyl/N-ethyl adjacent to an activating group) is 1. The first-order chi connectivity index (χ1) is 8.50. The van der Waals surface area contributed by atoms with Crippen LogP contribution >= 0.6 is 0 Å². The molecule has 18 heavy (non-hydrogen) atoms. The van der Waals surface area contributed by atoms with Crippen molar-refractivity contribution in [3.8, 4) is 0 Å². The Labute approximate surface area is 108 Å². The first kappa shape index (κ1) is 14.6. The van der Waals surface area contributed by atoms with Gasteiger partial charge < -0.3 is 10.2 Å². The molecule has 1 aromatic rings. The van der Waals surface area contributed by atoms with Crippen molar-refractivity contribution < 1.29 is 9.18 Å². The first-order valence-electron chi connectivity index (χ1n) is 6.21. The van der Waals surface area contributed by atoms with Gasteiger partial charge in [-0.1, -0.05) is 12.1 Å². The number of nitrogens with one attached hydrogen (secondary N) is 1. The van der Waals surface area contributed by atoms with E-state index in [0.29, 0.717) is 13.1 Å². The Morgan fingerprint density at radius 2 is 2.17 bits per heavy atom. The molecule has 0 fully saturated rings. The average Bonchev–Trinajstić information content (AvgIpc) is 2.33. The van der Waals surface area contributed by atoms with E-state index in [0.717, 1.165) is 12.0 Å². The summed E-state index contributed by atoms with van der Waals surface area (Å²) in [5.41, 5.74) is 0.937. The lowest BCUT2D eigenvalue weighted by Gasteiger charge is -2.21. The molecule has 1 amide bonds. The summed E-state index contributed by atoms with van der Waals surface area (Å²) in [5.74, 6) is -0.146. The molecule has 0 aromatic heterocycles. The predicted molar refractivity (Wildman–Crippen MR) is 70.9 cm³/mol. The van der Waals surface area contributed by atoms with Crippen LogP contribution in [-0.2, 0) is 11.2 Å². The Kier molecular flexibility index (Phi) is 5.78. The van der Waals surface area contributed by atoms with Gasteiger partial charge in [0.2, 0.25) is 5.91 Å². The zero-order valence-corrected chi connectivity index (χ0v) is 11.2. The molecule has 100 valence electrons. The van der Waals surface area contributed by atoms with E-state index < -0.39 is 0 Å². The van der Waals surface area contributed by atoms with Gasteiger partial charge >= 0.3 is 0 Å². The second-order valence-electron chi connectivity index (χ2n) is 4.66. The smallest absolute Gasteiger partial charge is 0.236 e. The van der Waals surface area contributed by atoms with Crippen molar-refractivity contribution in [3.63, 3.8) is 0 Å². The molecule has 4 heteroatoms. The summed E-state index contributed by atoms with van der Waals surface area (Å²) in [4.78, 5) is 13.4. The molecule has 0 saturated heterocycles. The molecular formula is C14H21FN2O. The molecule has 0 aliphatic rings. The summed E-state index contributed by atoms with van der Waals surface area (Å²) in [6.07, 6.45) is 0.719. The number of carbonyl (C=O) groups is 1. The van der Waals surface area contributed by atoms with Crippen molar-refractivity contribution in [2.75, 3.05) is 20.1 Å². The number of halogens is 1. The molecule has 0 atom stereocenters. The summed E-state index contributed by atoms with van der Waals surface area (Å²) in [6, 6.07) is 6.74. The number of nitrogens with zero attached hydrogens (tertiary/aromatic N) is 1. The lowest BCUT2D eigenvalue weighted by Crippen LogP contribution is -2.39. The third kappa shape index (κ3) is 4.84. The van der Waals surface area contributed by atoms with Crippen LogP contribution in [0.2, 0.25) is 0 Å². The van der Waals surface area contributed by atoms with Crippen molar-refractivity contribution in [2.24, 2.45) is 0 Å². The van der Waals surface area contributed by atoms with Crippen LogP contribution in [0.25, 0.3) is 0 Å². The van der Waals surface area contributed by atoms with E-state index in [1.807, 2.05) is 19.9 Å². The topological polar surface area (TPSA) is 32.3 Å². The van der Waals surface area contributed by atoms with Gasteiger partial charge in [-0.15, -0.1) is 0 Å². The standard InChI is InChI=1S/C14H21FN2O/c1-11(2)17(3)14(18)10-16-8-7-12-5-4-6-13(15)9-12/h4-6,9,11,16H,7-8,10H2,1-3H3. The molecule has 0 saturated carbocycles. The molecule has 1 N–H and O–H groups in total. The van der Waals surface area contributed by atoms with Crippen LogP contribution in [0, 0.1) is 5.82 Å². The molecule has 0 spiro atoms. The van der Waals surface area contributed by atoms with E-state index >= 15 is 0 Å². The van der Waals surface area contributed by atoms with Gasteiger partial charge in [0.15, 0.2) is 0 Å². The van der Waals surface area contributed by atoms with Crippen molar-refractivity contribution in [3.05, 3.63) is 35.6 Å². The third-order valence-corrected chi connectivity index (χ3v) is 2.92. The van der Waals surface area contributed by atoms with E-state index in [-0.39, 0.29) is 17.8 Å². The predicted octanol–water partition coefficient (Wildman–Crippen LogP) is 1.82. The maximum Gasteiger partial charge on any atom is 0.236 e. The van der Waals surface area contributed by atoms with Gasteiger partial charge in [-0.2, -0.15) is 0 Å². The van der Waals surface area contributed by atoms with E-state index in [2.05, 4.69) is 5.32 Å². The summed E-state index contributed by atoms with van der Waals surface area (Å²) in [5, 5.41) is 3.08. The minimum Gasteiger partial charge on any atom is -0.342 e. The van der Waals surface area contributed by atoms with E-state index in [1.54, 1.807) is 18.0 Å². The average molecular weight is 252 g/mol. The summed E-state index contributed by atoms with van der Waals surface area (Å²) < 4.78 is 12.9. The fraction of sp³-hybridized carbons (Fsp3) is 0.500. The Hall–Kier alpha value is -1.42. The maximum atomic E-state index is 12.9. The van der Waals surface area contributed by atoms with Gasteiger partial charge in [-0.05, 0) is 44.5 Å². The second kappa shape index (κ2) is 7.11. The molecule has 1 aromatic carbocycles. The molecule has 1 rings (SSSR count). The number of hydrogen-bond acceptors (Lipinski definition) is 2. The van der Waals surface area contributed by atoms with E-state index in [1.165, 1.54) is 12.1 Å². The highest BCUT2D eigenvalue weighted by atomic mass is 19.1. The van der Waals surface area contributed by atoms with Crippen LogP contribution in [0.5, 0.6) is 0 Å². The SMILES string of the molecule is CC(C)N(C)C(=O)CNCCc1cccc(F)c1. The largest absolute Gasteiger partial charge is 0.342 e. The number of hydrogen-bond donors (Lipinski definition) is 1. The summed E-state index contributed by atoms with van der Waals surface area (Å²) in [6.45, 7) is 4.94. The number of amides is 1. The first-order valence-corrected chi connectivity index (χ1v) is 6.21. The highest BCUT2D eigenvalue weighted by molar-refractivity contribution is 5.78. The van der Waals surface area contributed by atoms with Gasteiger partial charge in [0.1, 0.15) is 5.82 Å². The number of rotatable bonds is 6. The molecule has 0 aliphatic carbocycles. The number of carbonyl (C=O) groups excluding carboxylic acids is 1. The molecule has 3 nitrogen and oxygen atoms in total. The fourth-order valence-corrected chi connectivity index (χ4v) is 1.53. The quantitative estimate of drug-likeness (QED) is 0.783. The Bertz CT molecular complexity index is 393. The molecular weight excluding hydrogens is 231 g/mol. The van der Waals surface area contributed by atoms with Gasteiger partial charge in [-0.3, -0.25) is 4.79 Å². The number of benzene rings is 1. The van der Waals surface area contributed by atoms with E-state index in [9.17, 15) is 9.18 Å². The monoisotopic (exact) mass is 252 g/mol. The Morgan fingerprint density at radius 1 is 1.44 bits per heavy atom. The molecule has 0 radical (unpaired) electrons. The summed E-state index contributed by atoms with van der Waals surface area (Å²) in [7, 11) is 1.79. The van der Waals surface area contributed by atoms with Crippen LogP contribution in [0.4, 0.5) is 4.39 Å². The minimum absolute atomic E-state index is 0.0734. The van der Waals surface area contributed by atoms with Gasteiger partial charge in [-0.25, -0.2) is 4.39 Å². The van der Waals surface area contributed by atoms with Crippen LogP contribution in [0.1, 0.15) is 19.4 Å². The van der Waals surface area contributed by atoms with Crippen molar-refractivity contribution >= 4 is 5.91 Å². The molecule has 0 aliphatic heterocycles. The van der Waals surface area contributed by atoms with Gasteiger partial charge in [0.05, 0.1) is 6.54 Å². The lowest BCUT2D eigenvalue weighted by molar-refractivity contribution is -0.130. The zero-order chi connectivity index (χ0) is 13.5. The molecule has 0 heterocycles. The van der Waals surface area contributed by atoms with Crippen molar-refractivity contribution in [2.45, 2.75) is 26.3 Å². The maximum absolute atomic E-state index is 12.9. The second-order valence-corrected chi connectivity index (χ2v) is 4.66. The Morgan fingerprint density at radius 3 is 2.78 bits per heavy atom. The molecule has 0 bridgehead atoms. The van der Waals surface area contributed by atoms with Crippen LogP contribution in [-0.4, -0.2) is 37.0 Å². The van der Waals surface area contributed by atoms with Crippen LogP contribution in [0.15, 0.2) is 24.3 Å². The third-order valence-electron chi connectivity index (χ3n) is 2.92. The Balaban J connectivity index is 2.25. The van der Waals surface area contributed by atoms with Gasteiger partial charge in [0, 0.05) is 13.1 Å². The van der Waals surface area contributed by atoms with Crippen LogP contribution < -0.4 is 5.32 Å². The highest BCUT2D eigenvalue weighted by Gasteiger charge is 2.10. The highest BCUT2D eigenvalue weighted by Crippen LogP contribution is 2.03. The van der Waals surface area contributed by atoms with Crippen molar-refractivity contribution in [1.82, 2.24) is 10.2 Å². The lowest BCUT2D eigenvalue weighted by atomic mass is 10.1. The molecule has 0 unspecified atom stereocenters. The van der Waals surface area contributed by atoms with Crippen molar-refractivity contribution in [1.29, 1.82) is 0 Å². The van der Waals surface area contributed by atoms with Gasteiger partial charge in [0.25, 0.3) is 0 Å². The van der Waals surface area contributed by atoms with Crippen LogP contribution in [0.3, 0.4) is 0 Å². The van der Waals surface area contributed by atoms with E-state index in [4.69, 9.17) is 0 Å².